The number of rotatable bonds is 10. The first kappa shape index (κ1) is 21.6. The van der Waals surface area contributed by atoms with Crippen LogP contribution < -0.4 is 0 Å². The molecule has 0 heterocycles. The summed E-state index contributed by atoms with van der Waals surface area (Å²) in [6, 6.07) is 0. The van der Waals surface area contributed by atoms with Gasteiger partial charge in [-0.25, -0.2) is 0 Å². The van der Waals surface area contributed by atoms with Crippen LogP contribution in [0.1, 0.15) is 79.1 Å². The molecule has 6 atom stereocenters. The lowest BCUT2D eigenvalue weighted by atomic mass is 9.77. The average molecular weight is 393 g/mol. The second kappa shape index (κ2) is 9.63. The minimum absolute atomic E-state index is 0.0169. The summed E-state index contributed by atoms with van der Waals surface area (Å²) in [4.78, 5) is 24.8. The Hall–Kier alpha value is -1.06. The van der Waals surface area contributed by atoms with Gasteiger partial charge in [-0.2, -0.15) is 0 Å². The zero-order valence-electron chi connectivity index (χ0n) is 18.3. The first-order valence-corrected chi connectivity index (χ1v) is 11.9. The van der Waals surface area contributed by atoms with E-state index in [1.165, 1.54) is 19.3 Å². The highest BCUT2D eigenvalue weighted by Gasteiger charge is 2.57. The van der Waals surface area contributed by atoms with Crippen LogP contribution in [0, 0.1) is 47.3 Å². The Bertz CT molecular complexity index is 537. The van der Waals surface area contributed by atoms with Crippen molar-refractivity contribution in [1.82, 2.24) is 0 Å². The smallest absolute Gasteiger partial charge is 0.308 e. The molecule has 160 valence electrons. The maximum Gasteiger partial charge on any atom is 0.308 e. The van der Waals surface area contributed by atoms with Gasteiger partial charge in [0.25, 0.3) is 0 Å². The molecule has 28 heavy (non-hydrogen) atoms. The van der Waals surface area contributed by atoms with Gasteiger partial charge >= 0.3 is 11.9 Å². The fourth-order valence-electron chi connectivity index (χ4n) is 6.60. The first-order chi connectivity index (χ1) is 13.5. The summed E-state index contributed by atoms with van der Waals surface area (Å²) < 4.78 is 11.6. The lowest BCUT2D eigenvalue weighted by molar-refractivity contribution is -0.155. The van der Waals surface area contributed by atoms with Crippen LogP contribution >= 0.6 is 0 Å². The monoisotopic (exact) mass is 392 g/mol. The van der Waals surface area contributed by atoms with Crippen molar-refractivity contribution in [3.05, 3.63) is 0 Å². The second-order valence-electron chi connectivity index (χ2n) is 9.52. The number of carbonyl (C=O) groups excluding carboxylic acids is 2. The van der Waals surface area contributed by atoms with E-state index in [0.717, 1.165) is 49.9 Å². The van der Waals surface area contributed by atoms with Gasteiger partial charge in [-0.05, 0) is 81.0 Å². The first-order valence-electron chi connectivity index (χ1n) is 11.9. The van der Waals surface area contributed by atoms with E-state index in [1.807, 2.05) is 13.8 Å². The Balaban J connectivity index is 1.62. The number of ether oxygens (including phenoxy) is 2. The molecule has 3 aliphatic carbocycles. The Morgan fingerprint density at radius 2 is 1.32 bits per heavy atom. The Morgan fingerprint density at radius 3 is 1.89 bits per heavy atom. The third-order valence-electron chi connectivity index (χ3n) is 8.33. The molecule has 0 aliphatic heterocycles. The molecule has 4 nitrogen and oxygen atoms in total. The molecule has 0 radical (unpaired) electrons. The quantitative estimate of drug-likeness (QED) is 0.477. The summed E-state index contributed by atoms with van der Waals surface area (Å²) in [5.74, 6) is 3.75. The number of esters is 2. The molecule has 0 aromatic carbocycles. The summed E-state index contributed by atoms with van der Waals surface area (Å²) in [5.41, 5.74) is 0. The van der Waals surface area contributed by atoms with Crippen molar-refractivity contribution < 1.29 is 19.1 Å². The van der Waals surface area contributed by atoms with Gasteiger partial charge in [-0.3, -0.25) is 9.59 Å². The van der Waals surface area contributed by atoms with Crippen molar-refractivity contribution >= 4 is 11.9 Å². The Morgan fingerprint density at radius 1 is 0.786 bits per heavy atom. The van der Waals surface area contributed by atoms with E-state index in [9.17, 15) is 9.59 Å². The summed E-state index contributed by atoms with van der Waals surface area (Å²) in [6.07, 6.45) is 8.58. The molecular formula is C24H40O4. The van der Waals surface area contributed by atoms with Crippen LogP contribution in [0.25, 0.3) is 0 Å². The molecule has 0 aromatic heterocycles. The molecule has 0 amide bonds. The normalized spacial score (nSPS) is 33.5. The van der Waals surface area contributed by atoms with E-state index in [4.69, 9.17) is 9.47 Å². The predicted octanol–water partition coefficient (Wildman–Crippen LogP) is 5.24. The molecule has 0 N–H and O–H groups in total. The number of hydrogen-bond acceptors (Lipinski definition) is 4. The van der Waals surface area contributed by atoms with E-state index >= 15 is 0 Å². The summed E-state index contributed by atoms with van der Waals surface area (Å²) >= 11 is 0. The van der Waals surface area contributed by atoms with Crippen LogP contribution in [0.15, 0.2) is 0 Å². The summed E-state index contributed by atoms with van der Waals surface area (Å²) in [6.45, 7) is 9.23. The van der Waals surface area contributed by atoms with Crippen LogP contribution in [0.5, 0.6) is 0 Å². The minimum atomic E-state index is -0.0437. The van der Waals surface area contributed by atoms with Gasteiger partial charge in [0.1, 0.15) is 0 Å². The molecule has 0 spiro atoms. The topological polar surface area (TPSA) is 52.6 Å². The molecule has 0 aromatic rings. The molecular weight excluding hydrogens is 352 g/mol. The molecule has 4 heteroatoms. The largest absolute Gasteiger partial charge is 0.465 e. The van der Waals surface area contributed by atoms with Gasteiger partial charge in [0, 0.05) is 5.92 Å². The molecule has 2 bridgehead atoms. The molecule has 0 saturated heterocycles. The van der Waals surface area contributed by atoms with E-state index in [2.05, 4.69) is 13.8 Å². The van der Waals surface area contributed by atoms with Crippen LogP contribution in [0.2, 0.25) is 0 Å². The lowest BCUT2D eigenvalue weighted by Crippen LogP contribution is -2.31. The van der Waals surface area contributed by atoms with Crippen molar-refractivity contribution in [1.29, 1.82) is 0 Å². The van der Waals surface area contributed by atoms with Crippen molar-refractivity contribution in [2.75, 3.05) is 13.2 Å². The fourth-order valence-corrected chi connectivity index (χ4v) is 6.60. The molecule has 3 aliphatic rings. The fraction of sp³-hybridized carbons (Fsp3) is 0.917. The highest BCUT2D eigenvalue weighted by atomic mass is 16.5. The predicted molar refractivity (Wildman–Crippen MR) is 109 cm³/mol. The maximum atomic E-state index is 12.4. The van der Waals surface area contributed by atoms with Gasteiger partial charge in [-0.1, -0.05) is 27.7 Å². The molecule has 3 saturated carbocycles. The van der Waals surface area contributed by atoms with Gasteiger partial charge in [0.15, 0.2) is 0 Å². The summed E-state index contributed by atoms with van der Waals surface area (Å²) in [7, 11) is 0. The van der Waals surface area contributed by atoms with Gasteiger partial charge < -0.3 is 9.47 Å². The van der Waals surface area contributed by atoms with Crippen LogP contribution in [-0.4, -0.2) is 25.2 Å². The Kier molecular flexibility index (Phi) is 7.44. The maximum absolute atomic E-state index is 12.4. The van der Waals surface area contributed by atoms with E-state index in [-0.39, 0.29) is 23.8 Å². The highest BCUT2D eigenvalue weighted by Crippen LogP contribution is 2.62. The van der Waals surface area contributed by atoms with Crippen LogP contribution in [0.4, 0.5) is 0 Å². The van der Waals surface area contributed by atoms with Crippen molar-refractivity contribution in [3.8, 4) is 0 Å². The van der Waals surface area contributed by atoms with Crippen molar-refractivity contribution in [2.45, 2.75) is 79.1 Å². The standard InChI is InChI=1S/C24H40O4/c1-5-15(6-2)23(25)27-13-19-12-20-17-9-10-18(11-17)22(20)21(19)14-28-24(26)16(7-3)8-4/h15-22H,5-14H2,1-4H3/t17-,18-,19-,20+,21+,22-/m0/s1. The van der Waals surface area contributed by atoms with E-state index in [0.29, 0.717) is 31.0 Å². The second-order valence-corrected chi connectivity index (χ2v) is 9.52. The van der Waals surface area contributed by atoms with Gasteiger partial charge in [-0.15, -0.1) is 0 Å². The zero-order chi connectivity index (χ0) is 20.3. The van der Waals surface area contributed by atoms with Crippen LogP contribution in [-0.2, 0) is 19.1 Å². The number of carbonyl (C=O) groups is 2. The Labute approximate surface area is 171 Å². The highest BCUT2D eigenvalue weighted by molar-refractivity contribution is 5.72. The van der Waals surface area contributed by atoms with Crippen molar-refractivity contribution in [3.63, 3.8) is 0 Å². The number of hydrogen-bond donors (Lipinski definition) is 0. The average Bonchev–Trinajstić information content (AvgIpc) is 3.39. The minimum Gasteiger partial charge on any atom is -0.465 e. The van der Waals surface area contributed by atoms with Gasteiger partial charge in [0.05, 0.1) is 25.0 Å². The van der Waals surface area contributed by atoms with E-state index < -0.39 is 0 Å². The third kappa shape index (κ3) is 4.26. The van der Waals surface area contributed by atoms with E-state index in [1.54, 1.807) is 0 Å². The molecule has 0 unspecified atom stereocenters. The molecule has 3 rings (SSSR count). The summed E-state index contributed by atoms with van der Waals surface area (Å²) in [5, 5.41) is 0. The third-order valence-corrected chi connectivity index (χ3v) is 8.33. The van der Waals surface area contributed by atoms with Crippen LogP contribution in [0.3, 0.4) is 0 Å². The number of fused-ring (bicyclic) bond motifs is 5. The SMILES string of the molecule is CCC(CC)C(=O)OC[C@@H]1C[C@@H]2[C@H]3CC[C@@H](C3)[C@@H]2[C@@H]1COC(=O)C(CC)CC. The lowest BCUT2D eigenvalue weighted by Gasteiger charge is -2.30. The zero-order valence-corrected chi connectivity index (χ0v) is 18.3. The molecule has 3 fully saturated rings. The van der Waals surface area contributed by atoms with Crippen molar-refractivity contribution in [2.24, 2.45) is 47.3 Å². The van der Waals surface area contributed by atoms with Gasteiger partial charge in [0.2, 0.25) is 0 Å².